The van der Waals surface area contributed by atoms with Crippen molar-refractivity contribution in [3.8, 4) is 0 Å². The highest BCUT2D eigenvalue weighted by Gasteiger charge is 2.20. The van der Waals surface area contributed by atoms with Crippen LogP contribution in [0.25, 0.3) is 0 Å². The molecule has 68 heavy (non-hydrogen) atoms. The Labute approximate surface area is 424 Å². The van der Waals surface area contributed by atoms with E-state index in [-0.39, 0.29) is 18.5 Å². The Morgan fingerprint density at radius 2 is 0.735 bits per heavy atom. The van der Waals surface area contributed by atoms with Crippen LogP contribution >= 0.6 is 0 Å². The van der Waals surface area contributed by atoms with E-state index in [1.807, 2.05) is 0 Å². The Morgan fingerprint density at radius 3 is 1.15 bits per heavy atom. The Kier molecular flexibility index (Phi) is 56.5. The Morgan fingerprint density at radius 1 is 0.412 bits per heavy atom. The zero-order chi connectivity index (χ0) is 49.3. The van der Waals surface area contributed by atoms with E-state index in [1.165, 1.54) is 238 Å². The number of rotatable bonds is 57. The number of carbonyl (C=O) groups excluding carboxylic acids is 2. The second-order valence-corrected chi connectivity index (χ2v) is 21.0. The van der Waals surface area contributed by atoms with Crippen molar-refractivity contribution < 1.29 is 24.5 Å². The third-order valence-electron chi connectivity index (χ3n) is 14.3. The van der Waals surface area contributed by atoms with Gasteiger partial charge in [0.25, 0.3) is 0 Å². The number of ether oxygens (including phenoxy) is 1. The number of esters is 1. The third kappa shape index (κ3) is 53.7. The summed E-state index contributed by atoms with van der Waals surface area (Å²) in [6.45, 7) is 4.89. The summed E-state index contributed by atoms with van der Waals surface area (Å²) in [6, 6.07) is -0.563. The molecule has 0 bridgehead atoms. The molecule has 0 spiro atoms. The highest BCUT2D eigenvalue weighted by atomic mass is 16.5. The minimum Gasteiger partial charge on any atom is -0.466 e. The van der Waals surface area contributed by atoms with Crippen molar-refractivity contribution in [2.24, 2.45) is 0 Å². The van der Waals surface area contributed by atoms with Gasteiger partial charge in [0.2, 0.25) is 5.91 Å². The molecule has 0 heterocycles. The molecule has 0 saturated carbocycles. The van der Waals surface area contributed by atoms with Crippen molar-refractivity contribution in [2.45, 2.75) is 347 Å². The van der Waals surface area contributed by atoms with Crippen molar-refractivity contribution in [1.29, 1.82) is 0 Å². The Hall–Kier alpha value is -1.66. The van der Waals surface area contributed by atoms with Gasteiger partial charge < -0.3 is 20.3 Å². The molecule has 0 aromatic carbocycles. The van der Waals surface area contributed by atoms with Crippen LogP contribution in [0.15, 0.2) is 24.3 Å². The van der Waals surface area contributed by atoms with Gasteiger partial charge in [-0.05, 0) is 57.8 Å². The molecule has 0 aliphatic heterocycles. The summed E-state index contributed by atoms with van der Waals surface area (Å²) >= 11 is 0. The lowest BCUT2D eigenvalue weighted by molar-refractivity contribution is -0.143. The Bertz CT molecular complexity index is 1060. The molecule has 0 rings (SSSR count). The van der Waals surface area contributed by atoms with Crippen molar-refractivity contribution in [3.63, 3.8) is 0 Å². The first kappa shape index (κ1) is 66.3. The van der Waals surface area contributed by atoms with E-state index >= 15 is 0 Å². The molecule has 0 radical (unpaired) electrons. The van der Waals surface area contributed by atoms with Crippen LogP contribution < -0.4 is 5.32 Å². The maximum atomic E-state index is 12.5. The minimum atomic E-state index is -0.683. The Balaban J connectivity index is 3.46. The van der Waals surface area contributed by atoms with Crippen LogP contribution in [0.1, 0.15) is 335 Å². The second kappa shape index (κ2) is 57.9. The molecule has 3 N–H and O–H groups in total. The van der Waals surface area contributed by atoms with Gasteiger partial charge >= 0.3 is 5.97 Å². The van der Waals surface area contributed by atoms with Gasteiger partial charge in [0, 0.05) is 12.8 Å². The number of aliphatic hydroxyl groups excluding tert-OH is 2. The fraction of sp³-hybridized carbons (Fsp3) is 0.903. The molecule has 0 aromatic heterocycles. The van der Waals surface area contributed by atoms with Gasteiger partial charge in [-0.25, -0.2) is 0 Å². The van der Waals surface area contributed by atoms with Crippen LogP contribution in [-0.2, 0) is 14.3 Å². The molecular formula is C62H119NO5. The lowest BCUT2D eigenvalue weighted by Crippen LogP contribution is -2.45. The first-order valence-electron chi connectivity index (χ1n) is 30.6. The quantitative estimate of drug-likeness (QED) is 0.0321. The van der Waals surface area contributed by atoms with E-state index < -0.39 is 12.1 Å². The number of amides is 1. The second-order valence-electron chi connectivity index (χ2n) is 21.0. The average molecular weight is 959 g/mol. The number of hydrogen-bond acceptors (Lipinski definition) is 5. The lowest BCUT2D eigenvalue weighted by Gasteiger charge is -2.22. The normalized spacial score (nSPS) is 12.7. The first-order chi connectivity index (χ1) is 33.5. The van der Waals surface area contributed by atoms with Gasteiger partial charge in [-0.1, -0.05) is 289 Å². The molecule has 6 nitrogen and oxygen atoms in total. The summed E-state index contributed by atoms with van der Waals surface area (Å²) in [6.07, 6.45) is 70.3. The summed E-state index contributed by atoms with van der Waals surface area (Å²) in [5.41, 5.74) is 0. The smallest absolute Gasteiger partial charge is 0.305 e. The zero-order valence-corrected chi connectivity index (χ0v) is 45.9. The van der Waals surface area contributed by atoms with Crippen LogP contribution in [-0.4, -0.2) is 47.4 Å². The van der Waals surface area contributed by atoms with Crippen LogP contribution in [0.4, 0.5) is 0 Å². The SMILES string of the molecule is CCCCC/C=C\C/C=C\CCCCCCCCCCCC(=O)OCCCCCCCCCCCC(=O)NC(CO)C(O)CCCCCCCCCCCCCCCCCCCCCCCCC. The molecule has 0 fully saturated rings. The van der Waals surface area contributed by atoms with E-state index in [0.717, 1.165) is 64.2 Å². The lowest BCUT2D eigenvalue weighted by atomic mass is 10.0. The van der Waals surface area contributed by atoms with Crippen molar-refractivity contribution in [3.05, 3.63) is 24.3 Å². The fourth-order valence-corrected chi connectivity index (χ4v) is 9.55. The van der Waals surface area contributed by atoms with Crippen LogP contribution in [0.5, 0.6) is 0 Å². The number of carbonyl (C=O) groups is 2. The predicted octanol–water partition coefficient (Wildman–Crippen LogP) is 19.0. The van der Waals surface area contributed by atoms with Crippen molar-refractivity contribution >= 4 is 11.9 Å². The average Bonchev–Trinajstić information content (AvgIpc) is 3.34. The van der Waals surface area contributed by atoms with E-state index in [9.17, 15) is 19.8 Å². The molecular weight excluding hydrogens is 839 g/mol. The molecule has 0 aliphatic rings. The topological polar surface area (TPSA) is 95.9 Å². The van der Waals surface area contributed by atoms with Crippen LogP contribution in [0, 0.1) is 0 Å². The molecule has 402 valence electrons. The molecule has 1 amide bonds. The van der Waals surface area contributed by atoms with Gasteiger partial charge in [0.05, 0.1) is 25.4 Å². The van der Waals surface area contributed by atoms with Crippen molar-refractivity contribution in [2.75, 3.05) is 13.2 Å². The first-order valence-corrected chi connectivity index (χ1v) is 30.6. The number of allylic oxidation sites excluding steroid dienone is 4. The van der Waals surface area contributed by atoms with Crippen molar-refractivity contribution in [1.82, 2.24) is 5.32 Å². The summed E-state index contributed by atoms with van der Waals surface area (Å²) < 4.78 is 5.47. The van der Waals surface area contributed by atoms with E-state index in [0.29, 0.717) is 25.9 Å². The minimum absolute atomic E-state index is 0.0275. The van der Waals surface area contributed by atoms with Crippen LogP contribution in [0.3, 0.4) is 0 Å². The molecule has 6 heteroatoms. The molecule has 0 saturated heterocycles. The molecule has 0 aromatic rings. The van der Waals surface area contributed by atoms with Gasteiger partial charge in [-0.3, -0.25) is 9.59 Å². The zero-order valence-electron chi connectivity index (χ0n) is 45.9. The van der Waals surface area contributed by atoms with E-state index in [1.54, 1.807) is 0 Å². The molecule has 2 atom stereocenters. The van der Waals surface area contributed by atoms with Gasteiger partial charge in [0.15, 0.2) is 0 Å². The van der Waals surface area contributed by atoms with Crippen LogP contribution in [0.2, 0.25) is 0 Å². The predicted molar refractivity (Wildman–Crippen MR) is 296 cm³/mol. The summed E-state index contributed by atoms with van der Waals surface area (Å²) in [5, 5.41) is 23.4. The summed E-state index contributed by atoms with van der Waals surface area (Å²) in [5.74, 6) is -0.0868. The third-order valence-corrected chi connectivity index (χ3v) is 14.3. The standard InChI is InChI=1S/C62H119NO5/c1-3-5-7-9-11-13-15-17-19-21-23-24-25-26-28-29-31-33-35-38-42-46-50-54-60(65)59(58-64)63-61(66)55-51-47-43-39-37-41-45-49-53-57-68-62(67)56-52-48-44-40-36-34-32-30-27-22-20-18-16-14-12-10-8-6-4-2/h12,14,18,20,59-60,64-65H,3-11,13,15-17,19,21-58H2,1-2H3,(H,63,66)/b14-12-,20-18-. The largest absolute Gasteiger partial charge is 0.466 e. The molecule has 0 aliphatic carbocycles. The maximum absolute atomic E-state index is 12.5. The number of nitrogens with one attached hydrogen (secondary N) is 1. The van der Waals surface area contributed by atoms with Gasteiger partial charge in [-0.15, -0.1) is 0 Å². The number of hydrogen-bond donors (Lipinski definition) is 3. The van der Waals surface area contributed by atoms with E-state index in [4.69, 9.17) is 4.74 Å². The number of unbranched alkanes of at least 4 members (excludes halogenated alkanes) is 42. The fourth-order valence-electron chi connectivity index (χ4n) is 9.55. The highest BCUT2D eigenvalue weighted by Crippen LogP contribution is 2.18. The summed E-state index contributed by atoms with van der Waals surface area (Å²) in [7, 11) is 0. The maximum Gasteiger partial charge on any atom is 0.305 e. The monoisotopic (exact) mass is 958 g/mol. The highest BCUT2D eigenvalue weighted by molar-refractivity contribution is 5.76. The molecule has 2 unspecified atom stereocenters. The van der Waals surface area contributed by atoms with Gasteiger partial charge in [0.1, 0.15) is 0 Å². The summed E-state index contributed by atoms with van der Waals surface area (Å²) in [4.78, 5) is 24.6. The van der Waals surface area contributed by atoms with E-state index in [2.05, 4.69) is 43.5 Å². The number of aliphatic hydroxyl groups is 2. The van der Waals surface area contributed by atoms with Gasteiger partial charge in [-0.2, -0.15) is 0 Å².